The minimum Gasteiger partial charge on any atom is -0.491 e. The first-order chi connectivity index (χ1) is 14.1. The molecule has 0 aliphatic rings. The lowest BCUT2D eigenvalue weighted by Crippen LogP contribution is -2.12. The van der Waals surface area contributed by atoms with Crippen molar-refractivity contribution in [3.8, 4) is 5.75 Å². The Morgan fingerprint density at radius 3 is 2.52 bits per heavy atom. The molecule has 3 aromatic carbocycles. The molecule has 1 amide bonds. The molecule has 0 bridgehead atoms. The standard InChI is InChI=1S/C24H22N2O3/c1-16(2)28-20-11-8-18(9-12-20)24(27)25-19-10-13-22-21(15-19)26-23(29-22)14-17-6-4-3-5-7-17/h3-13,15-16H,14H2,1-2H3,(H,25,27). The number of rotatable bonds is 6. The number of hydrogen-bond acceptors (Lipinski definition) is 4. The van der Waals surface area contributed by atoms with Gasteiger partial charge in [-0.2, -0.15) is 0 Å². The predicted octanol–water partition coefficient (Wildman–Crippen LogP) is 5.46. The molecule has 0 unspecified atom stereocenters. The van der Waals surface area contributed by atoms with Gasteiger partial charge in [0.05, 0.1) is 6.10 Å². The second-order valence-electron chi connectivity index (χ2n) is 7.10. The van der Waals surface area contributed by atoms with E-state index in [2.05, 4.69) is 10.3 Å². The minimum absolute atomic E-state index is 0.0932. The molecule has 5 nitrogen and oxygen atoms in total. The number of nitrogens with one attached hydrogen (secondary N) is 1. The Bertz CT molecular complexity index is 1120. The predicted molar refractivity (Wildman–Crippen MR) is 113 cm³/mol. The van der Waals surface area contributed by atoms with Crippen molar-refractivity contribution in [3.63, 3.8) is 0 Å². The number of benzene rings is 3. The van der Waals surface area contributed by atoms with Gasteiger partial charge in [-0.3, -0.25) is 4.79 Å². The zero-order valence-corrected chi connectivity index (χ0v) is 16.4. The van der Waals surface area contributed by atoms with Gasteiger partial charge < -0.3 is 14.5 Å². The van der Waals surface area contributed by atoms with Crippen molar-refractivity contribution in [2.45, 2.75) is 26.4 Å². The molecule has 5 heteroatoms. The summed E-state index contributed by atoms with van der Waals surface area (Å²) >= 11 is 0. The van der Waals surface area contributed by atoms with Gasteiger partial charge in [0.1, 0.15) is 11.3 Å². The molecule has 0 atom stereocenters. The number of carbonyl (C=O) groups excluding carboxylic acids is 1. The third kappa shape index (κ3) is 4.63. The molecule has 0 saturated heterocycles. The number of ether oxygens (including phenoxy) is 1. The van der Waals surface area contributed by atoms with Crippen LogP contribution in [0.2, 0.25) is 0 Å². The fourth-order valence-corrected chi connectivity index (χ4v) is 3.06. The summed E-state index contributed by atoms with van der Waals surface area (Å²) in [7, 11) is 0. The number of nitrogens with zero attached hydrogens (tertiary/aromatic N) is 1. The van der Waals surface area contributed by atoms with Crippen LogP contribution in [0.4, 0.5) is 5.69 Å². The second-order valence-corrected chi connectivity index (χ2v) is 7.10. The minimum atomic E-state index is -0.187. The molecular weight excluding hydrogens is 364 g/mol. The largest absolute Gasteiger partial charge is 0.491 e. The third-order valence-corrected chi connectivity index (χ3v) is 4.38. The van der Waals surface area contributed by atoms with Crippen LogP contribution < -0.4 is 10.1 Å². The maximum atomic E-state index is 12.5. The number of amides is 1. The smallest absolute Gasteiger partial charge is 0.255 e. The molecule has 1 heterocycles. The zero-order chi connectivity index (χ0) is 20.2. The lowest BCUT2D eigenvalue weighted by atomic mass is 10.1. The Labute approximate surface area is 169 Å². The van der Waals surface area contributed by atoms with Crippen molar-refractivity contribution in [1.29, 1.82) is 0 Å². The number of oxazole rings is 1. The summed E-state index contributed by atoms with van der Waals surface area (Å²) < 4.78 is 11.4. The molecule has 0 fully saturated rings. The van der Waals surface area contributed by atoms with E-state index >= 15 is 0 Å². The van der Waals surface area contributed by atoms with Crippen molar-refractivity contribution in [2.24, 2.45) is 0 Å². The van der Waals surface area contributed by atoms with Gasteiger partial charge in [-0.25, -0.2) is 4.98 Å². The topological polar surface area (TPSA) is 64.4 Å². The summed E-state index contributed by atoms with van der Waals surface area (Å²) in [5.41, 5.74) is 3.78. The van der Waals surface area contributed by atoms with E-state index in [0.717, 1.165) is 16.8 Å². The Kier molecular flexibility index (Phi) is 5.29. The summed E-state index contributed by atoms with van der Waals surface area (Å²) in [5.74, 6) is 1.20. The summed E-state index contributed by atoms with van der Waals surface area (Å²) in [6.07, 6.45) is 0.720. The normalized spacial score (nSPS) is 11.0. The van der Waals surface area contributed by atoms with Gasteiger partial charge in [0.2, 0.25) is 0 Å². The number of carbonyl (C=O) groups is 1. The first-order valence-electron chi connectivity index (χ1n) is 9.58. The van der Waals surface area contributed by atoms with Gasteiger partial charge in [-0.1, -0.05) is 30.3 Å². The summed E-state index contributed by atoms with van der Waals surface area (Å²) in [6, 6.07) is 22.6. The molecule has 0 aliphatic carbocycles. The molecule has 29 heavy (non-hydrogen) atoms. The van der Waals surface area contributed by atoms with E-state index in [-0.39, 0.29) is 12.0 Å². The molecule has 0 radical (unpaired) electrons. The number of fused-ring (bicyclic) bond motifs is 1. The van der Waals surface area contributed by atoms with Gasteiger partial charge in [-0.15, -0.1) is 0 Å². The van der Waals surface area contributed by atoms with Crippen LogP contribution in [-0.4, -0.2) is 17.0 Å². The van der Waals surface area contributed by atoms with Gasteiger partial charge in [0.15, 0.2) is 11.5 Å². The number of hydrogen-bond donors (Lipinski definition) is 1. The molecular formula is C24H22N2O3. The van der Waals surface area contributed by atoms with Gasteiger partial charge in [0.25, 0.3) is 5.91 Å². The van der Waals surface area contributed by atoms with Crippen molar-refractivity contribution in [1.82, 2.24) is 4.98 Å². The molecule has 146 valence electrons. The van der Waals surface area contributed by atoms with E-state index in [9.17, 15) is 4.79 Å². The quantitative estimate of drug-likeness (QED) is 0.478. The van der Waals surface area contributed by atoms with Crippen LogP contribution >= 0.6 is 0 Å². The summed E-state index contributed by atoms with van der Waals surface area (Å²) in [5, 5.41) is 2.91. The highest BCUT2D eigenvalue weighted by atomic mass is 16.5. The summed E-state index contributed by atoms with van der Waals surface area (Å²) in [4.78, 5) is 17.1. The van der Waals surface area contributed by atoms with Gasteiger partial charge in [-0.05, 0) is 61.9 Å². The Hall–Kier alpha value is -3.60. The lowest BCUT2D eigenvalue weighted by Gasteiger charge is -2.10. The van der Waals surface area contributed by atoms with E-state index in [4.69, 9.17) is 9.15 Å². The highest BCUT2D eigenvalue weighted by Gasteiger charge is 2.10. The average molecular weight is 386 g/mol. The molecule has 1 N–H and O–H groups in total. The molecule has 4 aromatic rings. The maximum Gasteiger partial charge on any atom is 0.255 e. The Morgan fingerprint density at radius 2 is 1.79 bits per heavy atom. The van der Waals surface area contributed by atoms with E-state index in [1.807, 2.05) is 62.4 Å². The Balaban J connectivity index is 1.47. The molecule has 4 rings (SSSR count). The average Bonchev–Trinajstić information content (AvgIpc) is 3.10. The molecule has 0 spiro atoms. The van der Waals surface area contributed by atoms with Crippen LogP contribution in [0.15, 0.2) is 77.2 Å². The Morgan fingerprint density at radius 1 is 1.03 bits per heavy atom. The van der Waals surface area contributed by atoms with E-state index < -0.39 is 0 Å². The fourth-order valence-electron chi connectivity index (χ4n) is 3.06. The monoisotopic (exact) mass is 386 g/mol. The van der Waals surface area contributed by atoms with Crippen LogP contribution in [0.3, 0.4) is 0 Å². The lowest BCUT2D eigenvalue weighted by molar-refractivity contribution is 0.102. The number of anilines is 1. The maximum absolute atomic E-state index is 12.5. The van der Waals surface area contributed by atoms with Gasteiger partial charge in [0, 0.05) is 17.7 Å². The molecule has 0 aliphatic heterocycles. The fraction of sp³-hybridized carbons (Fsp3) is 0.167. The second kappa shape index (κ2) is 8.19. The number of aromatic nitrogens is 1. The van der Waals surface area contributed by atoms with E-state index in [1.54, 1.807) is 24.3 Å². The van der Waals surface area contributed by atoms with Crippen LogP contribution in [0.1, 0.15) is 35.7 Å². The highest BCUT2D eigenvalue weighted by Crippen LogP contribution is 2.22. The molecule has 0 saturated carbocycles. The first kappa shape index (κ1) is 18.7. The van der Waals surface area contributed by atoms with Crippen molar-refractivity contribution >= 4 is 22.7 Å². The highest BCUT2D eigenvalue weighted by molar-refractivity contribution is 6.04. The first-order valence-corrected chi connectivity index (χ1v) is 9.58. The van der Waals surface area contributed by atoms with Crippen molar-refractivity contribution < 1.29 is 13.9 Å². The van der Waals surface area contributed by atoms with Crippen molar-refractivity contribution in [2.75, 3.05) is 5.32 Å². The van der Waals surface area contributed by atoms with E-state index in [1.165, 1.54) is 0 Å². The van der Waals surface area contributed by atoms with Crippen LogP contribution in [0, 0.1) is 0 Å². The van der Waals surface area contributed by atoms with Crippen molar-refractivity contribution in [3.05, 3.63) is 89.8 Å². The van der Waals surface area contributed by atoms with Crippen LogP contribution in [0.5, 0.6) is 5.75 Å². The SMILES string of the molecule is CC(C)Oc1ccc(C(=O)Nc2ccc3oc(Cc4ccccc4)nc3c2)cc1. The van der Waals surface area contributed by atoms with E-state index in [0.29, 0.717) is 29.1 Å². The zero-order valence-electron chi connectivity index (χ0n) is 16.4. The van der Waals surface area contributed by atoms with Crippen LogP contribution in [-0.2, 0) is 6.42 Å². The van der Waals surface area contributed by atoms with Gasteiger partial charge >= 0.3 is 0 Å². The van der Waals surface area contributed by atoms with Crippen LogP contribution in [0.25, 0.3) is 11.1 Å². The third-order valence-electron chi connectivity index (χ3n) is 4.38. The summed E-state index contributed by atoms with van der Waals surface area (Å²) in [6.45, 7) is 3.93. The molecule has 1 aromatic heterocycles.